The van der Waals surface area contributed by atoms with E-state index < -0.39 is 0 Å². The Kier molecular flexibility index (Phi) is 6.47. The number of hydrogen-bond acceptors (Lipinski definition) is 3. The Bertz CT molecular complexity index is 992. The van der Waals surface area contributed by atoms with Crippen LogP contribution in [0.25, 0.3) is 10.8 Å². The molecule has 0 aliphatic carbocycles. The smallest absolute Gasteiger partial charge is 0.258 e. The lowest BCUT2D eigenvalue weighted by Gasteiger charge is -2.10. The maximum absolute atomic E-state index is 11.9. The average Bonchev–Trinajstić information content (AvgIpc) is 2.66. The third-order valence-electron chi connectivity index (χ3n) is 3.74. The van der Waals surface area contributed by atoms with Crippen molar-refractivity contribution < 1.29 is 14.3 Å². The molecule has 2 amide bonds. The summed E-state index contributed by atoms with van der Waals surface area (Å²) < 4.78 is 7.29. The molecule has 138 valence electrons. The molecule has 0 aliphatic heterocycles. The Labute approximate surface area is 173 Å². The first-order valence-corrected chi connectivity index (χ1v) is 9.73. The van der Waals surface area contributed by atoms with E-state index >= 15 is 0 Å². The number of carbonyl (C=O) groups is 2. The highest BCUT2D eigenvalue weighted by atomic mass is 79.9. The second kappa shape index (κ2) is 9.01. The topological polar surface area (TPSA) is 67.4 Å². The first kappa shape index (κ1) is 19.4. The zero-order valence-electron chi connectivity index (χ0n) is 14.2. The molecule has 3 aromatic rings. The summed E-state index contributed by atoms with van der Waals surface area (Å²) in [5.41, 5.74) is 0.649. The molecule has 0 aliphatic rings. The standard InChI is InChI=1S/C20H16Br2N2O3/c21-15-7-5-14-10-16(8-6-13(14)9-15)27-12-20(26)23-11-19(25)24-18-4-2-1-3-17(18)22/h1-10H,11-12H2,(H,23,26)(H,24,25). The number of amides is 2. The molecule has 0 unspecified atom stereocenters. The molecule has 0 saturated carbocycles. The van der Waals surface area contributed by atoms with Crippen LogP contribution in [-0.2, 0) is 9.59 Å². The Morgan fingerprint density at radius 1 is 0.889 bits per heavy atom. The van der Waals surface area contributed by atoms with Crippen LogP contribution in [0.1, 0.15) is 0 Å². The van der Waals surface area contributed by atoms with E-state index in [9.17, 15) is 9.59 Å². The Balaban J connectivity index is 1.47. The Morgan fingerprint density at radius 2 is 1.63 bits per heavy atom. The highest BCUT2D eigenvalue weighted by Crippen LogP contribution is 2.24. The minimum Gasteiger partial charge on any atom is -0.484 e. The fraction of sp³-hybridized carbons (Fsp3) is 0.100. The third kappa shape index (κ3) is 5.55. The summed E-state index contributed by atoms with van der Waals surface area (Å²) in [4.78, 5) is 23.8. The zero-order chi connectivity index (χ0) is 19.2. The van der Waals surface area contributed by atoms with Crippen molar-refractivity contribution in [1.82, 2.24) is 5.32 Å². The summed E-state index contributed by atoms with van der Waals surface area (Å²) in [5.74, 6) is -0.0858. The van der Waals surface area contributed by atoms with E-state index in [0.717, 1.165) is 19.7 Å². The highest BCUT2D eigenvalue weighted by molar-refractivity contribution is 9.10. The van der Waals surface area contributed by atoms with Gasteiger partial charge >= 0.3 is 0 Å². The van der Waals surface area contributed by atoms with Crippen molar-refractivity contribution in [2.24, 2.45) is 0 Å². The van der Waals surface area contributed by atoms with Gasteiger partial charge in [-0.2, -0.15) is 0 Å². The van der Waals surface area contributed by atoms with E-state index in [4.69, 9.17) is 4.74 Å². The number of anilines is 1. The number of nitrogens with one attached hydrogen (secondary N) is 2. The van der Waals surface area contributed by atoms with Gasteiger partial charge in [-0.3, -0.25) is 9.59 Å². The van der Waals surface area contributed by atoms with Crippen molar-refractivity contribution in [3.8, 4) is 5.75 Å². The molecule has 0 saturated heterocycles. The Hall–Kier alpha value is -2.38. The molecule has 27 heavy (non-hydrogen) atoms. The van der Waals surface area contributed by atoms with Gasteiger partial charge in [0.1, 0.15) is 5.75 Å². The SMILES string of the molecule is O=C(COc1ccc2cc(Br)ccc2c1)NCC(=O)Nc1ccccc1Br. The van der Waals surface area contributed by atoms with Crippen LogP contribution in [0, 0.1) is 0 Å². The number of carbonyl (C=O) groups excluding carboxylic acids is 2. The van der Waals surface area contributed by atoms with Gasteiger partial charge in [0.05, 0.1) is 12.2 Å². The molecule has 0 fully saturated rings. The lowest BCUT2D eigenvalue weighted by atomic mass is 10.1. The number of halogens is 2. The van der Waals surface area contributed by atoms with E-state index in [1.807, 2.05) is 54.6 Å². The Morgan fingerprint density at radius 3 is 2.44 bits per heavy atom. The highest BCUT2D eigenvalue weighted by Gasteiger charge is 2.08. The van der Waals surface area contributed by atoms with Gasteiger partial charge in [0.25, 0.3) is 5.91 Å². The predicted octanol–water partition coefficient (Wildman–Crippen LogP) is 4.50. The molecule has 0 radical (unpaired) electrons. The monoisotopic (exact) mass is 490 g/mol. The van der Waals surface area contributed by atoms with Crippen LogP contribution < -0.4 is 15.4 Å². The molecule has 5 nitrogen and oxygen atoms in total. The summed E-state index contributed by atoms with van der Waals surface area (Å²) in [5, 5.41) is 7.35. The fourth-order valence-corrected chi connectivity index (χ4v) is 3.18. The first-order valence-electron chi connectivity index (χ1n) is 8.14. The van der Waals surface area contributed by atoms with E-state index in [2.05, 4.69) is 42.5 Å². The first-order chi connectivity index (χ1) is 13.0. The summed E-state index contributed by atoms with van der Waals surface area (Å²) in [6.45, 7) is -0.292. The van der Waals surface area contributed by atoms with Crippen LogP contribution in [0.15, 0.2) is 69.6 Å². The van der Waals surface area contributed by atoms with Gasteiger partial charge < -0.3 is 15.4 Å². The van der Waals surface area contributed by atoms with E-state index in [1.54, 1.807) is 6.07 Å². The predicted molar refractivity (Wildman–Crippen MR) is 113 cm³/mol. The number of benzene rings is 3. The summed E-state index contributed by atoms with van der Waals surface area (Å²) in [7, 11) is 0. The molecule has 0 bridgehead atoms. The second-order valence-electron chi connectivity index (χ2n) is 5.75. The van der Waals surface area contributed by atoms with Gasteiger partial charge in [-0.05, 0) is 63.1 Å². The number of para-hydroxylation sites is 1. The normalized spacial score (nSPS) is 10.4. The lowest BCUT2D eigenvalue weighted by Crippen LogP contribution is -2.35. The van der Waals surface area contributed by atoms with Crippen LogP contribution in [0.5, 0.6) is 5.75 Å². The molecular formula is C20H16Br2N2O3. The van der Waals surface area contributed by atoms with Crippen molar-refractivity contribution >= 4 is 60.1 Å². The van der Waals surface area contributed by atoms with Gasteiger partial charge in [0.2, 0.25) is 5.91 Å². The van der Waals surface area contributed by atoms with Gasteiger partial charge in [0.15, 0.2) is 6.61 Å². The molecule has 0 heterocycles. The molecule has 0 spiro atoms. The summed E-state index contributed by atoms with van der Waals surface area (Å²) >= 11 is 6.79. The third-order valence-corrected chi connectivity index (χ3v) is 4.92. The van der Waals surface area contributed by atoms with Crippen LogP contribution in [0.3, 0.4) is 0 Å². The van der Waals surface area contributed by atoms with Gasteiger partial charge in [0, 0.05) is 8.95 Å². The van der Waals surface area contributed by atoms with Crippen LogP contribution in [-0.4, -0.2) is 25.0 Å². The summed E-state index contributed by atoms with van der Waals surface area (Å²) in [6, 6.07) is 18.8. The number of hydrogen-bond donors (Lipinski definition) is 2. The largest absolute Gasteiger partial charge is 0.484 e. The number of fused-ring (bicyclic) bond motifs is 1. The van der Waals surface area contributed by atoms with Gasteiger partial charge in [-0.25, -0.2) is 0 Å². The average molecular weight is 492 g/mol. The minimum atomic E-state index is -0.367. The second-order valence-corrected chi connectivity index (χ2v) is 7.52. The van der Waals surface area contributed by atoms with E-state index in [1.165, 1.54) is 0 Å². The molecule has 3 rings (SSSR count). The maximum atomic E-state index is 11.9. The quantitative estimate of drug-likeness (QED) is 0.533. The molecule has 0 atom stereocenters. The maximum Gasteiger partial charge on any atom is 0.258 e. The molecular weight excluding hydrogens is 476 g/mol. The van der Waals surface area contributed by atoms with Crippen LogP contribution in [0.2, 0.25) is 0 Å². The number of ether oxygens (including phenoxy) is 1. The van der Waals surface area contributed by atoms with Crippen molar-refractivity contribution in [3.05, 3.63) is 69.6 Å². The number of rotatable bonds is 6. The minimum absolute atomic E-state index is 0.130. The van der Waals surface area contributed by atoms with Crippen molar-refractivity contribution in [2.45, 2.75) is 0 Å². The van der Waals surface area contributed by atoms with Crippen molar-refractivity contribution in [2.75, 3.05) is 18.5 Å². The fourth-order valence-electron chi connectivity index (χ4n) is 2.42. The van der Waals surface area contributed by atoms with Crippen molar-refractivity contribution in [1.29, 1.82) is 0 Å². The van der Waals surface area contributed by atoms with Crippen LogP contribution in [0.4, 0.5) is 5.69 Å². The lowest BCUT2D eigenvalue weighted by molar-refractivity contribution is -0.125. The van der Waals surface area contributed by atoms with E-state index in [-0.39, 0.29) is 25.0 Å². The molecule has 7 heteroatoms. The molecule has 2 N–H and O–H groups in total. The van der Waals surface area contributed by atoms with Crippen LogP contribution >= 0.6 is 31.9 Å². The van der Waals surface area contributed by atoms with Gasteiger partial charge in [-0.1, -0.05) is 40.2 Å². The zero-order valence-corrected chi connectivity index (χ0v) is 17.3. The molecule has 0 aromatic heterocycles. The van der Waals surface area contributed by atoms with Crippen molar-refractivity contribution in [3.63, 3.8) is 0 Å². The van der Waals surface area contributed by atoms with E-state index in [0.29, 0.717) is 11.4 Å². The summed E-state index contributed by atoms with van der Waals surface area (Å²) in [6.07, 6.45) is 0. The molecule has 3 aromatic carbocycles. The van der Waals surface area contributed by atoms with Gasteiger partial charge in [-0.15, -0.1) is 0 Å².